The number of aliphatic hydroxyl groups is 1. The van der Waals surface area contributed by atoms with Gasteiger partial charge >= 0.3 is 19.3 Å². The number of esters is 1. The molecule has 0 saturated heterocycles. The Bertz CT molecular complexity index is 715. The maximum Gasteiger partial charge on any atom is 0.559 e. The Morgan fingerprint density at radius 2 is 1.23 bits per heavy atom. The Morgan fingerprint density at radius 1 is 0.750 bits per heavy atom. The van der Waals surface area contributed by atoms with Gasteiger partial charge in [-0.15, -0.1) is 4.52 Å². The molecule has 0 saturated carbocycles. The first kappa shape index (κ1) is 43.8. The smallest absolute Gasteiger partial charge is 0.459 e. The molecule has 0 rings (SSSR count). The zero-order valence-corrected chi connectivity index (χ0v) is 31.8. The van der Waals surface area contributed by atoms with E-state index in [0.717, 1.165) is 18.6 Å². The average Bonchev–Trinajstić information content (AvgIpc) is 2.98. The van der Waals surface area contributed by atoms with E-state index in [-0.39, 0.29) is 30.0 Å². The van der Waals surface area contributed by atoms with Crippen molar-refractivity contribution < 1.29 is 28.5 Å². The second-order valence-electron chi connectivity index (χ2n) is 13.9. The molecule has 0 aliphatic heterocycles. The summed E-state index contributed by atoms with van der Waals surface area (Å²) in [5, 5.41) is 9.42. The zero-order chi connectivity index (χ0) is 33.3. The molecule has 0 aliphatic carbocycles. The van der Waals surface area contributed by atoms with Gasteiger partial charge in [-0.3, -0.25) is 0 Å². The van der Waals surface area contributed by atoms with E-state index in [9.17, 15) is 14.5 Å². The summed E-state index contributed by atoms with van der Waals surface area (Å²) < 4.78 is 30.4. The monoisotopic (exact) mass is 663 g/mol. The molecule has 0 fully saturated rings. The van der Waals surface area contributed by atoms with Crippen LogP contribution < -0.4 is 0 Å². The minimum absolute atomic E-state index is 0.100. The average molecular weight is 664 g/mol. The molecule has 0 bridgehead atoms. The van der Waals surface area contributed by atoms with Crippen LogP contribution in [0.2, 0.25) is 0 Å². The predicted molar refractivity (Wildman–Crippen MR) is 190 cm³/mol. The molecule has 5 atom stereocenters. The molecule has 0 aromatic heterocycles. The summed E-state index contributed by atoms with van der Waals surface area (Å²) in [6.45, 7) is 16.1. The molecule has 0 aliphatic rings. The van der Waals surface area contributed by atoms with Crippen molar-refractivity contribution in [3.05, 3.63) is 0 Å². The highest BCUT2D eigenvalue weighted by molar-refractivity contribution is 7.99. The molecule has 0 aromatic rings. The van der Waals surface area contributed by atoms with Gasteiger partial charge in [-0.25, -0.2) is 4.79 Å². The molecule has 0 spiro atoms. The summed E-state index contributed by atoms with van der Waals surface area (Å²) in [5.41, 5.74) is -0.295. The molecular weight excluding hydrogens is 591 g/mol. The SMILES string of the molecule is CCCCCCCCCCCCSC(CCCCCCCCC)C(C)OC(C)C(O)(C(=O)OCC(C)(C)C)[P+](=O)OCCC. The first-order chi connectivity index (χ1) is 20.9. The fourth-order valence-corrected chi connectivity index (χ4v) is 7.59. The summed E-state index contributed by atoms with van der Waals surface area (Å²) >= 11 is 1.95. The minimum Gasteiger partial charge on any atom is -0.459 e. The summed E-state index contributed by atoms with van der Waals surface area (Å²) in [4.78, 5) is 13.2. The normalized spacial score (nSPS) is 15.9. The van der Waals surface area contributed by atoms with E-state index >= 15 is 0 Å². The molecule has 0 amide bonds. The highest BCUT2D eigenvalue weighted by atomic mass is 32.2. The van der Waals surface area contributed by atoms with Crippen LogP contribution in [0.5, 0.6) is 0 Å². The van der Waals surface area contributed by atoms with Gasteiger partial charge in [0, 0.05) is 5.25 Å². The molecule has 44 heavy (non-hydrogen) atoms. The lowest BCUT2D eigenvalue weighted by Gasteiger charge is -2.30. The van der Waals surface area contributed by atoms with Gasteiger partial charge in [0.25, 0.3) is 0 Å². The molecule has 0 radical (unpaired) electrons. The van der Waals surface area contributed by atoms with Gasteiger partial charge in [-0.2, -0.15) is 11.8 Å². The van der Waals surface area contributed by atoms with E-state index in [1.165, 1.54) is 103 Å². The lowest BCUT2D eigenvalue weighted by atomic mass is 9.99. The van der Waals surface area contributed by atoms with Crippen molar-refractivity contribution in [2.75, 3.05) is 19.0 Å². The van der Waals surface area contributed by atoms with Crippen LogP contribution in [0.1, 0.15) is 177 Å². The third kappa shape index (κ3) is 20.8. The van der Waals surface area contributed by atoms with Crippen molar-refractivity contribution in [2.45, 2.75) is 200 Å². The number of rotatable bonds is 30. The number of carbonyl (C=O) groups excluding carboxylic acids is 1. The minimum atomic E-state index is -2.76. The molecule has 0 heterocycles. The third-order valence-corrected chi connectivity index (χ3v) is 11.2. The number of thioether (sulfide) groups is 1. The van der Waals surface area contributed by atoms with Crippen LogP contribution in [0, 0.1) is 5.41 Å². The van der Waals surface area contributed by atoms with Crippen LogP contribution in [0.3, 0.4) is 0 Å². The van der Waals surface area contributed by atoms with E-state index in [1.807, 2.05) is 46.4 Å². The van der Waals surface area contributed by atoms with Crippen LogP contribution in [0.25, 0.3) is 0 Å². The fraction of sp³-hybridized carbons (Fsp3) is 0.972. The number of hydrogen-bond donors (Lipinski definition) is 1. The molecule has 1 N–H and O–H groups in total. The van der Waals surface area contributed by atoms with Crippen molar-refractivity contribution in [3.63, 3.8) is 0 Å². The highest BCUT2D eigenvalue weighted by Gasteiger charge is 2.64. The zero-order valence-electron chi connectivity index (χ0n) is 30.1. The van der Waals surface area contributed by atoms with Crippen molar-refractivity contribution in [2.24, 2.45) is 5.41 Å². The van der Waals surface area contributed by atoms with E-state index in [1.54, 1.807) is 6.92 Å². The van der Waals surface area contributed by atoms with Gasteiger partial charge in [0.1, 0.15) is 12.7 Å². The Balaban J connectivity index is 5.20. The van der Waals surface area contributed by atoms with Crippen molar-refractivity contribution >= 4 is 25.8 Å². The first-order valence-corrected chi connectivity index (χ1v) is 20.4. The lowest BCUT2D eigenvalue weighted by Crippen LogP contribution is -2.50. The Kier molecular flexibility index (Phi) is 26.7. The third-order valence-electron chi connectivity index (χ3n) is 8.06. The maximum absolute atomic E-state index is 13.2. The predicted octanol–water partition coefficient (Wildman–Crippen LogP) is 11.4. The number of ether oxygens (including phenoxy) is 2. The van der Waals surface area contributed by atoms with Crippen LogP contribution in [-0.2, 0) is 23.4 Å². The van der Waals surface area contributed by atoms with Crippen LogP contribution in [-0.4, -0.2) is 52.8 Å². The van der Waals surface area contributed by atoms with Crippen molar-refractivity contribution in [1.29, 1.82) is 0 Å². The van der Waals surface area contributed by atoms with Gasteiger partial charge in [-0.05, 0) is 48.8 Å². The molecule has 6 nitrogen and oxygen atoms in total. The Morgan fingerprint density at radius 3 is 1.70 bits per heavy atom. The summed E-state index contributed by atoms with van der Waals surface area (Å²) in [5.74, 6) is 0.136. The lowest BCUT2D eigenvalue weighted by molar-refractivity contribution is -0.174. The Hall–Kier alpha value is -0.200. The van der Waals surface area contributed by atoms with Crippen LogP contribution in [0.4, 0.5) is 0 Å². The second-order valence-corrected chi connectivity index (χ2v) is 16.7. The Labute approximate surface area is 278 Å². The van der Waals surface area contributed by atoms with E-state index in [2.05, 4.69) is 13.8 Å². The summed E-state index contributed by atoms with van der Waals surface area (Å²) in [6.07, 6.45) is 22.4. The summed E-state index contributed by atoms with van der Waals surface area (Å²) in [7, 11) is -2.76. The van der Waals surface area contributed by atoms with Crippen molar-refractivity contribution in [3.8, 4) is 0 Å². The van der Waals surface area contributed by atoms with Gasteiger partial charge in [0.2, 0.25) is 0 Å². The number of carbonyl (C=O) groups is 1. The van der Waals surface area contributed by atoms with E-state index in [0.29, 0.717) is 6.42 Å². The molecule has 262 valence electrons. The topological polar surface area (TPSA) is 82.1 Å². The van der Waals surface area contributed by atoms with Gasteiger partial charge in [0.15, 0.2) is 0 Å². The van der Waals surface area contributed by atoms with E-state index < -0.39 is 25.4 Å². The number of unbranched alkanes of at least 4 members (excludes halogenated alkanes) is 15. The largest absolute Gasteiger partial charge is 0.559 e. The van der Waals surface area contributed by atoms with Crippen molar-refractivity contribution in [1.82, 2.24) is 0 Å². The highest BCUT2D eigenvalue weighted by Crippen LogP contribution is 2.44. The molecule has 8 heteroatoms. The van der Waals surface area contributed by atoms with E-state index in [4.69, 9.17) is 14.0 Å². The molecule has 0 aromatic carbocycles. The number of hydrogen-bond acceptors (Lipinski definition) is 7. The second kappa shape index (κ2) is 26.8. The summed E-state index contributed by atoms with van der Waals surface area (Å²) in [6, 6.07) is 0. The van der Waals surface area contributed by atoms with Crippen LogP contribution in [0.15, 0.2) is 0 Å². The quantitative estimate of drug-likeness (QED) is 0.0465. The van der Waals surface area contributed by atoms with Gasteiger partial charge in [0.05, 0.1) is 12.7 Å². The van der Waals surface area contributed by atoms with Crippen LogP contribution >= 0.6 is 19.8 Å². The standard InChI is InChI=1S/C36H72O6PS/c1-9-12-14-16-18-19-20-22-24-26-29-44-33(27-25-23-21-17-15-13-10-2)31(4)42-32(5)36(38,43(39)41-28-11-3)34(37)40-30-35(6,7)8/h31-33,38H,9-30H2,1-8H3/q+1. The maximum atomic E-state index is 13.2. The van der Waals surface area contributed by atoms with Gasteiger partial charge < -0.3 is 14.6 Å². The molecular formula is C36H72O6PS+. The molecule has 5 unspecified atom stereocenters. The first-order valence-electron chi connectivity index (χ1n) is 18.2. The fourth-order valence-electron chi connectivity index (χ4n) is 5.13. The van der Waals surface area contributed by atoms with Gasteiger partial charge in [-0.1, -0.05) is 144 Å².